The first-order chi connectivity index (χ1) is 11.5. The zero-order valence-electron chi connectivity index (χ0n) is 13.2. The van der Waals surface area contributed by atoms with Crippen LogP contribution in [0.4, 0.5) is 10.1 Å². The number of rotatable bonds is 5. The SMILES string of the molecule is O=C(O)CC1CCCN1c1ccc(Cc2ccc(Cl)cc2F)cc1. The number of benzene rings is 2. The first-order valence-electron chi connectivity index (χ1n) is 8.04. The maximum absolute atomic E-state index is 13.9. The third-order valence-corrected chi connectivity index (χ3v) is 4.70. The summed E-state index contributed by atoms with van der Waals surface area (Å²) in [4.78, 5) is 13.1. The highest BCUT2D eigenvalue weighted by Gasteiger charge is 2.26. The number of carbonyl (C=O) groups is 1. The van der Waals surface area contributed by atoms with Gasteiger partial charge >= 0.3 is 5.97 Å². The van der Waals surface area contributed by atoms with Crippen molar-refractivity contribution in [1.82, 2.24) is 0 Å². The third kappa shape index (κ3) is 3.88. The van der Waals surface area contributed by atoms with E-state index in [1.165, 1.54) is 6.07 Å². The molecule has 126 valence electrons. The summed E-state index contributed by atoms with van der Waals surface area (Å²) in [7, 11) is 0. The molecule has 3 nitrogen and oxygen atoms in total. The van der Waals surface area contributed by atoms with Crippen molar-refractivity contribution in [3.63, 3.8) is 0 Å². The van der Waals surface area contributed by atoms with Gasteiger partial charge < -0.3 is 10.0 Å². The maximum atomic E-state index is 13.9. The van der Waals surface area contributed by atoms with E-state index in [2.05, 4.69) is 4.90 Å². The van der Waals surface area contributed by atoms with Gasteiger partial charge in [0.05, 0.1) is 6.42 Å². The smallest absolute Gasteiger partial charge is 0.305 e. The number of nitrogens with zero attached hydrogens (tertiary/aromatic N) is 1. The van der Waals surface area contributed by atoms with Gasteiger partial charge in [0.1, 0.15) is 5.82 Å². The molecule has 0 aliphatic carbocycles. The molecule has 1 fully saturated rings. The fraction of sp³-hybridized carbons (Fsp3) is 0.316. The topological polar surface area (TPSA) is 40.5 Å². The molecule has 1 aliphatic rings. The Labute approximate surface area is 145 Å². The Bertz CT molecular complexity index is 733. The van der Waals surface area contributed by atoms with Crippen molar-refractivity contribution in [1.29, 1.82) is 0 Å². The van der Waals surface area contributed by atoms with Gasteiger partial charge in [-0.1, -0.05) is 29.8 Å². The summed E-state index contributed by atoms with van der Waals surface area (Å²) in [6.07, 6.45) is 2.58. The van der Waals surface area contributed by atoms with Gasteiger partial charge in [-0.25, -0.2) is 4.39 Å². The Kier molecular flexibility index (Phi) is 5.05. The Morgan fingerprint density at radius 3 is 2.67 bits per heavy atom. The number of hydrogen-bond acceptors (Lipinski definition) is 2. The Hall–Kier alpha value is -2.07. The van der Waals surface area contributed by atoms with Gasteiger partial charge in [-0.15, -0.1) is 0 Å². The van der Waals surface area contributed by atoms with E-state index < -0.39 is 5.97 Å². The van der Waals surface area contributed by atoms with Crippen LogP contribution in [0.3, 0.4) is 0 Å². The van der Waals surface area contributed by atoms with Crippen molar-refractivity contribution in [3.05, 3.63) is 64.4 Å². The van der Waals surface area contributed by atoms with E-state index in [1.54, 1.807) is 12.1 Å². The molecule has 1 atom stereocenters. The molecule has 0 spiro atoms. The first kappa shape index (κ1) is 16.8. The molecule has 0 amide bonds. The van der Waals surface area contributed by atoms with Crippen molar-refractivity contribution in [2.45, 2.75) is 31.7 Å². The third-order valence-electron chi connectivity index (χ3n) is 4.47. The standard InChI is InChI=1S/C19H19ClFNO2/c20-15-6-5-14(18(21)11-15)10-13-3-7-16(8-4-13)22-9-1-2-17(22)12-19(23)24/h3-8,11,17H,1-2,9-10,12H2,(H,23,24). The second-order valence-corrected chi connectivity index (χ2v) is 6.60. The lowest BCUT2D eigenvalue weighted by Crippen LogP contribution is -2.31. The van der Waals surface area contributed by atoms with E-state index in [4.69, 9.17) is 16.7 Å². The largest absolute Gasteiger partial charge is 0.481 e. The van der Waals surface area contributed by atoms with Crippen LogP contribution in [0, 0.1) is 5.82 Å². The number of carboxylic acid groups (broad SMARTS) is 1. The molecule has 0 bridgehead atoms. The number of halogens is 2. The van der Waals surface area contributed by atoms with Crippen LogP contribution in [-0.4, -0.2) is 23.7 Å². The van der Waals surface area contributed by atoms with Crippen molar-refractivity contribution in [2.75, 3.05) is 11.4 Å². The van der Waals surface area contributed by atoms with Gasteiger partial charge in [-0.05, 0) is 48.2 Å². The molecule has 2 aromatic rings. The molecule has 1 N–H and O–H groups in total. The van der Waals surface area contributed by atoms with Crippen LogP contribution in [0.2, 0.25) is 5.02 Å². The van der Waals surface area contributed by atoms with Gasteiger partial charge in [0.25, 0.3) is 0 Å². The quantitative estimate of drug-likeness (QED) is 0.864. The zero-order chi connectivity index (χ0) is 17.1. The van der Waals surface area contributed by atoms with Gasteiger partial charge in [0, 0.05) is 29.7 Å². The molecule has 0 saturated carbocycles. The summed E-state index contributed by atoms with van der Waals surface area (Å²) in [5.41, 5.74) is 2.64. The fourth-order valence-corrected chi connectivity index (χ4v) is 3.44. The zero-order valence-corrected chi connectivity index (χ0v) is 14.0. The summed E-state index contributed by atoms with van der Waals surface area (Å²) < 4.78 is 13.9. The predicted molar refractivity (Wildman–Crippen MR) is 93.3 cm³/mol. The molecular weight excluding hydrogens is 329 g/mol. The molecule has 5 heteroatoms. The van der Waals surface area contributed by atoms with Crippen LogP contribution in [0.15, 0.2) is 42.5 Å². The van der Waals surface area contributed by atoms with E-state index in [0.717, 1.165) is 30.6 Å². The summed E-state index contributed by atoms with van der Waals surface area (Å²) in [5.74, 6) is -1.06. The van der Waals surface area contributed by atoms with Crippen molar-refractivity contribution in [2.24, 2.45) is 0 Å². The number of anilines is 1. The molecule has 1 unspecified atom stereocenters. The minimum Gasteiger partial charge on any atom is -0.481 e. The fourth-order valence-electron chi connectivity index (χ4n) is 3.28. The molecule has 0 radical (unpaired) electrons. The van der Waals surface area contributed by atoms with Crippen LogP contribution in [-0.2, 0) is 11.2 Å². The summed E-state index contributed by atoms with van der Waals surface area (Å²) >= 11 is 5.78. The number of hydrogen-bond donors (Lipinski definition) is 1. The normalized spacial score (nSPS) is 17.2. The molecule has 24 heavy (non-hydrogen) atoms. The number of carboxylic acids is 1. The monoisotopic (exact) mass is 347 g/mol. The van der Waals surface area contributed by atoms with E-state index >= 15 is 0 Å². The van der Waals surface area contributed by atoms with Gasteiger partial charge in [0.2, 0.25) is 0 Å². The average Bonchev–Trinajstić information content (AvgIpc) is 2.98. The Morgan fingerprint density at radius 2 is 2.00 bits per heavy atom. The molecule has 0 aromatic heterocycles. The highest BCUT2D eigenvalue weighted by Crippen LogP contribution is 2.28. The van der Waals surface area contributed by atoms with E-state index in [-0.39, 0.29) is 18.3 Å². The minimum absolute atomic E-state index is 0.0575. The molecule has 1 heterocycles. The molecule has 1 aliphatic heterocycles. The molecular formula is C19H19ClFNO2. The van der Waals surface area contributed by atoms with E-state index in [1.807, 2.05) is 24.3 Å². The van der Waals surface area contributed by atoms with Crippen LogP contribution in [0.5, 0.6) is 0 Å². The lowest BCUT2D eigenvalue weighted by molar-refractivity contribution is -0.137. The van der Waals surface area contributed by atoms with Crippen LogP contribution >= 0.6 is 11.6 Å². The van der Waals surface area contributed by atoms with E-state index in [0.29, 0.717) is 17.0 Å². The van der Waals surface area contributed by atoms with Crippen LogP contribution < -0.4 is 4.90 Å². The summed E-state index contributed by atoms with van der Waals surface area (Å²) in [6, 6.07) is 12.7. The maximum Gasteiger partial charge on any atom is 0.305 e. The van der Waals surface area contributed by atoms with E-state index in [9.17, 15) is 9.18 Å². The first-order valence-corrected chi connectivity index (χ1v) is 8.42. The van der Waals surface area contributed by atoms with Gasteiger partial charge in [-0.3, -0.25) is 4.79 Å². The van der Waals surface area contributed by atoms with Crippen molar-refractivity contribution in [3.8, 4) is 0 Å². The lowest BCUT2D eigenvalue weighted by atomic mass is 10.0. The minimum atomic E-state index is -0.762. The predicted octanol–water partition coefficient (Wildman–Crippen LogP) is 4.51. The van der Waals surface area contributed by atoms with Crippen LogP contribution in [0.1, 0.15) is 30.4 Å². The highest BCUT2D eigenvalue weighted by molar-refractivity contribution is 6.30. The summed E-state index contributed by atoms with van der Waals surface area (Å²) in [5, 5.41) is 9.41. The summed E-state index contributed by atoms with van der Waals surface area (Å²) in [6.45, 7) is 0.878. The Morgan fingerprint density at radius 1 is 1.25 bits per heavy atom. The molecule has 3 rings (SSSR count). The average molecular weight is 348 g/mol. The van der Waals surface area contributed by atoms with Crippen molar-refractivity contribution < 1.29 is 14.3 Å². The lowest BCUT2D eigenvalue weighted by Gasteiger charge is -2.26. The van der Waals surface area contributed by atoms with Gasteiger partial charge in [0.15, 0.2) is 0 Å². The van der Waals surface area contributed by atoms with Gasteiger partial charge in [-0.2, -0.15) is 0 Å². The highest BCUT2D eigenvalue weighted by atomic mass is 35.5. The molecule has 1 saturated heterocycles. The van der Waals surface area contributed by atoms with Crippen molar-refractivity contribution >= 4 is 23.3 Å². The second kappa shape index (κ2) is 7.22. The van der Waals surface area contributed by atoms with Crippen LogP contribution in [0.25, 0.3) is 0 Å². The Balaban J connectivity index is 1.72. The second-order valence-electron chi connectivity index (χ2n) is 6.17. The number of aliphatic carboxylic acids is 1. The molecule has 2 aromatic carbocycles.